The van der Waals surface area contributed by atoms with Gasteiger partial charge >= 0.3 is 5.76 Å². The zero-order valence-corrected chi connectivity index (χ0v) is 15.2. The van der Waals surface area contributed by atoms with Gasteiger partial charge in [0.2, 0.25) is 5.89 Å². The van der Waals surface area contributed by atoms with Gasteiger partial charge < -0.3 is 8.98 Å². The maximum atomic E-state index is 12.5. The highest BCUT2D eigenvalue weighted by Gasteiger charge is 2.13. The molecule has 134 valence electrons. The summed E-state index contributed by atoms with van der Waals surface area (Å²) in [6, 6.07) is 3.72. The first-order valence-electron chi connectivity index (χ1n) is 7.69. The first-order valence-corrected chi connectivity index (χ1v) is 8.88. The molecule has 0 radical (unpaired) electrons. The zero-order valence-electron chi connectivity index (χ0n) is 13.6. The quantitative estimate of drug-likeness (QED) is 0.507. The number of rotatable bonds is 5. The zero-order chi connectivity index (χ0) is 18.3. The fraction of sp³-hybridized carbons (Fsp3) is 0.267. The molecule has 11 heteroatoms. The van der Waals surface area contributed by atoms with E-state index >= 15 is 0 Å². The van der Waals surface area contributed by atoms with Gasteiger partial charge in [-0.15, -0.1) is 16.4 Å². The van der Waals surface area contributed by atoms with Gasteiger partial charge in [-0.3, -0.25) is 9.36 Å². The molecule has 4 aromatic rings. The Morgan fingerprint density at radius 3 is 2.81 bits per heavy atom. The molecule has 0 aliphatic rings. The van der Waals surface area contributed by atoms with Crippen LogP contribution in [0.4, 0.5) is 0 Å². The first-order chi connectivity index (χ1) is 12.5. The van der Waals surface area contributed by atoms with Crippen LogP contribution in [0.2, 0.25) is 4.34 Å². The molecule has 0 fully saturated rings. The number of fused-ring (bicyclic) bond motifs is 1. The maximum absolute atomic E-state index is 12.5. The first kappa shape index (κ1) is 16.7. The number of imidazole rings is 1. The van der Waals surface area contributed by atoms with Crippen LogP contribution in [0.1, 0.15) is 10.8 Å². The van der Waals surface area contributed by atoms with Crippen LogP contribution in [-0.2, 0) is 26.6 Å². The van der Waals surface area contributed by atoms with Crippen molar-refractivity contribution >= 4 is 34.1 Å². The predicted octanol–water partition coefficient (Wildman–Crippen LogP) is 1.29. The summed E-state index contributed by atoms with van der Waals surface area (Å²) in [6.45, 7) is 0.382. The molecule has 0 saturated carbocycles. The van der Waals surface area contributed by atoms with Gasteiger partial charge in [-0.1, -0.05) is 11.6 Å². The van der Waals surface area contributed by atoms with Crippen LogP contribution in [0.5, 0.6) is 0 Å². The van der Waals surface area contributed by atoms with Crippen molar-refractivity contribution in [1.29, 1.82) is 0 Å². The fourth-order valence-electron chi connectivity index (χ4n) is 2.59. The van der Waals surface area contributed by atoms with Gasteiger partial charge in [-0.2, -0.15) is 4.68 Å². The molecule has 0 aromatic carbocycles. The van der Waals surface area contributed by atoms with Crippen LogP contribution < -0.4 is 11.3 Å². The highest BCUT2D eigenvalue weighted by Crippen LogP contribution is 2.21. The van der Waals surface area contributed by atoms with E-state index in [9.17, 15) is 9.59 Å². The Labute approximate surface area is 155 Å². The number of nitrogens with zero attached hydrogens (tertiary/aromatic N) is 6. The molecule has 0 spiro atoms. The lowest BCUT2D eigenvalue weighted by atomic mass is 10.3. The van der Waals surface area contributed by atoms with E-state index in [1.807, 2.05) is 12.1 Å². The molecule has 0 aliphatic heterocycles. The minimum Gasteiger partial charge on any atom is -0.390 e. The number of thiophene rings is 1. The SMILES string of the molecule is Cn1cnc2ncn(Cc3nn(CCc4ccc(Cl)s4)c(=O)o3)c(=O)c21. The Morgan fingerprint density at radius 1 is 1.23 bits per heavy atom. The molecule has 4 rings (SSSR count). The van der Waals surface area contributed by atoms with Gasteiger partial charge in [0.1, 0.15) is 12.9 Å². The number of hydrogen-bond donors (Lipinski definition) is 0. The van der Waals surface area contributed by atoms with Crippen molar-refractivity contribution in [2.75, 3.05) is 0 Å². The minimum absolute atomic E-state index is 0.0139. The average Bonchev–Trinajstić information content (AvgIpc) is 3.28. The third-order valence-electron chi connectivity index (χ3n) is 3.85. The van der Waals surface area contributed by atoms with E-state index in [1.165, 1.54) is 33.2 Å². The lowest BCUT2D eigenvalue weighted by Gasteiger charge is -2.02. The average molecular weight is 393 g/mol. The number of aromatic nitrogens is 6. The largest absolute Gasteiger partial charge is 0.437 e. The van der Waals surface area contributed by atoms with Crippen molar-refractivity contribution in [3.8, 4) is 0 Å². The standard InChI is InChI=1S/C15H13ClN6O3S/c1-20-7-17-13-12(20)14(23)21(8-18-13)6-11-19-22(15(24)25-11)5-4-9-2-3-10(16)26-9/h2-3,7-8H,4-6H2,1H3. The van der Waals surface area contributed by atoms with Crippen molar-refractivity contribution < 1.29 is 4.42 Å². The van der Waals surface area contributed by atoms with Gasteiger partial charge in [-0.05, 0) is 12.1 Å². The Bertz CT molecular complexity index is 1200. The van der Waals surface area contributed by atoms with E-state index in [0.717, 1.165) is 4.88 Å². The monoisotopic (exact) mass is 392 g/mol. The molecule has 0 N–H and O–H groups in total. The number of hydrogen-bond acceptors (Lipinski definition) is 7. The number of halogens is 1. The second kappa shape index (κ2) is 6.54. The normalized spacial score (nSPS) is 11.5. The van der Waals surface area contributed by atoms with Crippen LogP contribution in [0, 0.1) is 0 Å². The van der Waals surface area contributed by atoms with E-state index in [2.05, 4.69) is 15.1 Å². The van der Waals surface area contributed by atoms with Gasteiger partial charge in [0, 0.05) is 18.3 Å². The lowest BCUT2D eigenvalue weighted by molar-refractivity contribution is 0.434. The molecule has 0 amide bonds. The van der Waals surface area contributed by atoms with E-state index in [1.54, 1.807) is 11.6 Å². The predicted molar refractivity (Wildman–Crippen MR) is 95.7 cm³/mol. The van der Waals surface area contributed by atoms with Gasteiger partial charge in [-0.25, -0.2) is 14.8 Å². The topological polar surface area (TPSA) is 101 Å². The Morgan fingerprint density at radius 2 is 2.04 bits per heavy atom. The summed E-state index contributed by atoms with van der Waals surface area (Å²) in [5, 5.41) is 4.16. The van der Waals surface area contributed by atoms with Crippen LogP contribution in [0.15, 0.2) is 38.8 Å². The minimum atomic E-state index is -0.565. The summed E-state index contributed by atoms with van der Waals surface area (Å²) in [4.78, 5) is 33.7. The molecule has 9 nitrogen and oxygen atoms in total. The molecule has 0 aliphatic carbocycles. The molecule has 4 aromatic heterocycles. The molecule has 0 atom stereocenters. The van der Waals surface area contributed by atoms with E-state index in [4.69, 9.17) is 16.0 Å². The van der Waals surface area contributed by atoms with Gasteiger partial charge in [0.25, 0.3) is 5.56 Å². The summed E-state index contributed by atoms with van der Waals surface area (Å²) < 4.78 is 10.0. The summed E-state index contributed by atoms with van der Waals surface area (Å²) in [6.07, 6.45) is 3.51. The van der Waals surface area contributed by atoms with E-state index < -0.39 is 5.76 Å². The highest BCUT2D eigenvalue weighted by atomic mass is 35.5. The third-order valence-corrected chi connectivity index (χ3v) is 5.14. The van der Waals surface area contributed by atoms with Crippen LogP contribution in [-0.4, -0.2) is 28.9 Å². The number of aryl methyl sites for hydroxylation is 3. The van der Waals surface area contributed by atoms with Crippen LogP contribution >= 0.6 is 22.9 Å². The van der Waals surface area contributed by atoms with Crippen molar-refractivity contribution in [2.24, 2.45) is 7.05 Å². The molecule has 26 heavy (non-hydrogen) atoms. The van der Waals surface area contributed by atoms with Gasteiger partial charge in [0.15, 0.2) is 11.2 Å². The summed E-state index contributed by atoms with van der Waals surface area (Å²) in [7, 11) is 1.72. The fourth-order valence-corrected chi connectivity index (χ4v) is 3.66. The van der Waals surface area contributed by atoms with Crippen molar-refractivity contribution in [1.82, 2.24) is 28.9 Å². The second-order valence-corrected chi connectivity index (χ2v) is 7.45. The molecule has 4 heterocycles. The van der Waals surface area contributed by atoms with E-state index in [-0.39, 0.29) is 18.0 Å². The molecular weight excluding hydrogens is 380 g/mol. The lowest BCUT2D eigenvalue weighted by Crippen LogP contribution is -2.22. The Balaban J connectivity index is 1.56. The Hall–Kier alpha value is -2.72. The molecule has 0 unspecified atom stereocenters. The van der Waals surface area contributed by atoms with Crippen molar-refractivity contribution in [3.05, 3.63) is 60.8 Å². The molecular formula is C15H13ClN6O3S. The second-order valence-electron chi connectivity index (χ2n) is 5.65. The van der Waals surface area contributed by atoms with Gasteiger partial charge in [0.05, 0.1) is 17.2 Å². The van der Waals surface area contributed by atoms with Crippen molar-refractivity contribution in [3.63, 3.8) is 0 Å². The summed E-state index contributed by atoms with van der Waals surface area (Å²) in [5.74, 6) is -0.421. The molecule has 0 bridgehead atoms. The van der Waals surface area contributed by atoms with Crippen LogP contribution in [0.25, 0.3) is 11.2 Å². The molecule has 0 saturated heterocycles. The third kappa shape index (κ3) is 3.08. The van der Waals surface area contributed by atoms with Crippen molar-refractivity contribution in [2.45, 2.75) is 19.5 Å². The summed E-state index contributed by atoms with van der Waals surface area (Å²) >= 11 is 7.36. The highest BCUT2D eigenvalue weighted by molar-refractivity contribution is 7.16. The van der Waals surface area contributed by atoms with E-state index in [0.29, 0.717) is 28.5 Å². The smallest absolute Gasteiger partial charge is 0.390 e. The van der Waals surface area contributed by atoms with Crippen LogP contribution in [0.3, 0.4) is 0 Å². The maximum Gasteiger partial charge on any atom is 0.437 e. The Kier molecular flexibility index (Phi) is 4.21. The summed E-state index contributed by atoms with van der Waals surface area (Å²) in [5.41, 5.74) is 0.472.